The van der Waals surface area contributed by atoms with E-state index in [9.17, 15) is 19.2 Å². The number of benzene rings is 4. The summed E-state index contributed by atoms with van der Waals surface area (Å²) < 4.78 is 11.1. The molecule has 1 atom stereocenters. The van der Waals surface area contributed by atoms with Gasteiger partial charge in [-0.1, -0.05) is 45.7 Å². The van der Waals surface area contributed by atoms with Gasteiger partial charge in [-0.3, -0.25) is 34.5 Å². The molecular formula is C60H50N10O6. The van der Waals surface area contributed by atoms with Crippen LogP contribution in [0.5, 0.6) is 0 Å². The van der Waals surface area contributed by atoms with Crippen LogP contribution >= 0.6 is 0 Å². The number of amides is 4. The van der Waals surface area contributed by atoms with Crippen molar-refractivity contribution in [3.8, 4) is 22.8 Å². The summed E-state index contributed by atoms with van der Waals surface area (Å²) >= 11 is 0. The summed E-state index contributed by atoms with van der Waals surface area (Å²) in [4.78, 5) is 76.1. The molecule has 0 radical (unpaired) electrons. The molecule has 376 valence electrons. The lowest BCUT2D eigenvalue weighted by Gasteiger charge is -2.16. The number of carbonyl (C=O) groups excluding carboxylic acids is 4. The first-order valence-electron chi connectivity index (χ1n) is 24.8. The van der Waals surface area contributed by atoms with E-state index in [-0.39, 0.29) is 36.1 Å². The molecule has 0 saturated carbocycles. The average Bonchev–Trinajstić information content (AvgIpc) is 4.17. The lowest BCUT2D eigenvalue weighted by Crippen LogP contribution is -2.26. The zero-order chi connectivity index (χ0) is 52.8. The summed E-state index contributed by atoms with van der Waals surface area (Å²) in [6.07, 6.45) is 2.96. The number of aromatic nitrogens is 6. The fourth-order valence-corrected chi connectivity index (χ4v) is 9.94. The van der Waals surface area contributed by atoms with Gasteiger partial charge in [0.1, 0.15) is 0 Å². The molecule has 1 aliphatic carbocycles. The third-order valence-electron chi connectivity index (χ3n) is 13.6. The summed E-state index contributed by atoms with van der Waals surface area (Å²) in [7, 11) is 1.69. The molecule has 0 spiro atoms. The number of anilines is 3. The van der Waals surface area contributed by atoms with Gasteiger partial charge in [-0.25, -0.2) is 9.97 Å². The topological polar surface area (TPSA) is 211 Å². The minimum atomic E-state index is -0.399. The molecule has 6 heterocycles. The number of hydrogen-bond acceptors (Lipinski definition) is 12. The molecule has 0 saturated heterocycles. The monoisotopic (exact) mass is 1010 g/mol. The van der Waals surface area contributed by atoms with Gasteiger partial charge < -0.3 is 24.6 Å². The van der Waals surface area contributed by atoms with Crippen LogP contribution in [0.3, 0.4) is 0 Å². The first-order valence-corrected chi connectivity index (χ1v) is 24.8. The van der Waals surface area contributed by atoms with Crippen LogP contribution < -0.4 is 16.0 Å². The molecule has 4 aromatic carbocycles. The van der Waals surface area contributed by atoms with Gasteiger partial charge >= 0.3 is 0 Å². The van der Waals surface area contributed by atoms with Crippen molar-refractivity contribution in [3.05, 3.63) is 207 Å². The second-order valence-electron chi connectivity index (χ2n) is 19.3. The van der Waals surface area contributed by atoms with Gasteiger partial charge in [0.15, 0.2) is 5.76 Å². The molecule has 0 fully saturated rings. The fourth-order valence-electron chi connectivity index (χ4n) is 9.94. The molecule has 1 aliphatic rings. The highest BCUT2D eigenvalue weighted by Crippen LogP contribution is 2.41. The third kappa shape index (κ3) is 9.66. The van der Waals surface area contributed by atoms with Crippen LogP contribution in [0.15, 0.2) is 143 Å². The third-order valence-corrected chi connectivity index (χ3v) is 13.6. The van der Waals surface area contributed by atoms with Crippen molar-refractivity contribution in [1.29, 1.82) is 0 Å². The summed E-state index contributed by atoms with van der Waals surface area (Å²) in [6.45, 7) is 10.00. The average molecular weight is 1010 g/mol. The Morgan fingerprint density at radius 1 is 0.592 bits per heavy atom. The highest BCUT2D eigenvalue weighted by Gasteiger charge is 2.33. The van der Waals surface area contributed by atoms with Gasteiger partial charge in [-0.15, -0.1) is 0 Å². The van der Waals surface area contributed by atoms with E-state index in [2.05, 4.69) is 31.2 Å². The van der Waals surface area contributed by atoms with E-state index in [0.717, 1.165) is 50.1 Å². The number of carbonyl (C=O) groups is 4. The van der Waals surface area contributed by atoms with Crippen LogP contribution in [0.1, 0.15) is 104 Å². The van der Waals surface area contributed by atoms with Crippen LogP contribution in [-0.4, -0.2) is 65.8 Å². The Labute approximate surface area is 436 Å². The minimum absolute atomic E-state index is 0.205. The maximum absolute atomic E-state index is 14.2. The van der Waals surface area contributed by atoms with Crippen molar-refractivity contribution in [1.82, 2.24) is 35.1 Å². The highest BCUT2D eigenvalue weighted by molar-refractivity contribution is 6.15. The van der Waals surface area contributed by atoms with Gasteiger partial charge in [-0.05, 0) is 156 Å². The van der Waals surface area contributed by atoms with Gasteiger partial charge in [-0.2, -0.15) is 0 Å². The zero-order valence-electron chi connectivity index (χ0n) is 42.5. The predicted octanol–water partition coefficient (Wildman–Crippen LogP) is 11.5. The Hall–Kier alpha value is -9.70. The van der Waals surface area contributed by atoms with Crippen LogP contribution in [-0.2, 0) is 13.0 Å². The maximum Gasteiger partial charge on any atom is 0.258 e. The molecule has 4 amide bonds. The van der Waals surface area contributed by atoms with Gasteiger partial charge in [0.2, 0.25) is 5.88 Å². The zero-order valence-corrected chi connectivity index (χ0v) is 42.5. The molecule has 6 aromatic heterocycles. The SMILES string of the molecule is Cc1cc(C)c2nc(-c3ccccn3)cc(C(=O)Nc3ccc(C(=O)Nc4onc5c4CCC5c4cccc(-c5cc(C(=O)Nc6ccc(C(=O)N(C)Cc7cc(C)no7)cc6)c6cc(C)cc(C)c6n5)n4)cc3)c2c1. The van der Waals surface area contributed by atoms with Crippen molar-refractivity contribution in [2.24, 2.45) is 0 Å². The molecule has 0 aliphatic heterocycles. The molecule has 76 heavy (non-hydrogen) atoms. The van der Waals surface area contributed by atoms with Crippen LogP contribution in [0.2, 0.25) is 0 Å². The Bertz CT molecular complexity index is 3940. The molecule has 11 rings (SSSR count). The number of aryl methyl sites for hydroxylation is 5. The molecule has 16 heteroatoms. The number of nitrogens with zero attached hydrogens (tertiary/aromatic N) is 7. The summed E-state index contributed by atoms with van der Waals surface area (Å²) in [5.41, 5.74) is 13.2. The quantitative estimate of drug-likeness (QED) is 0.104. The molecule has 1 unspecified atom stereocenters. The summed E-state index contributed by atoms with van der Waals surface area (Å²) in [5, 5.41) is 18.7. The van der Waals surface area contributed by atoms with E-state index in [1.54, 1.807) is 84.9 Å². The van der Waals surface area contributed by atoms with E-state index in [0.29, 0.717) is 91.6 Å². The lowest BCUT2D eigenvalue weighted by molar-refractivity contribution is 0.0771. The van der Waals surface area contributed by atoms with Crippen molar-refractivity contribution in [2.75, 3.05) is 23.0 Å². The summed E-state index contributed by atoms with van der Waals surface area (Å²) in [6, 6.07) is 38.0. The normalized spacial score (nSPS) is 12.9. The van der Waals surface area contributed by atoms with Crippen molar-refractivity contribution >= 4 is 62.7 Å². The second-order valence-corrected chi connectivity index (χ2v) is 19.3. The van der Waals surface area contributed by atoms with E-state index >= 15 is 0 Å². The second kappa shape index (κ2) is 20.0. The Morgan fingerprint density at radius 3 is 1.79 bits per heavy atom. The van der Waals surface area contributed by atoms with Crippen LogP contribution in [0, 0.1) is 34.6 Å². The van der Waals surface area contributed by atoms with E-state index in [1.807, 2.05) is 95.3 Å². The van der Waals surface area contributed by atoms with Crippen LogP contribution in [0.25, 0.3) is 44.6 Å². The Morgan fingerprint density at radius 2 is 1.20 bits per heavy atom. The van der Waals surface area contributed by atoms with Gasteiger partial charge in [0.05, 0.1) is 68.6 Å². The highest BCUT2D eigenvalue weighted by atomic mass is 16.5. The summed E-state index contributed by atoms with van der Waals surface area (Å²) in [5.74, 6) is -0.654. The van der Waals surface area contributed by atoms with Crippen molar-refractivity contribution in [3.63, 3.8) is 0 Å². The maximum atomic E-state index is 14.2. The van der Waals surface area contributed by atoms with Gasteiger partial charge in [0, 0.05) is 64.1 Å². The largest absolute Gasteiger partial charge is 0.359 e. The predicted molar refractivity (Wildman–Crippen MR) is 289 cm³/mol. The minimum Gasteiger partial charge on any atom is -0.359 e. The lowest BCUT2D eigenvalue weighted by atomic mass is 9.99. The molecule has 0 bridgehead atoms. The molecule has 10 aromatic rings. The van der Waals surface area contributed by atoms with E-state index in [1.165, 1.54) is 0 Å². The number of rotatable bonds is 12. The number of fused-ring (bicyclic) bond motifs is 3. The van der Waals surface area contributed by atoms with E-state index < -0.39 is 5.91 Å². The van der Waals surface area contributed by atoms with Crippen LogP contribution in [0.4, 0.5) is 17.3 Å². The standard InChI is InChI=1S/C60H50N10O6/c1-32-24-34(3)53-44(26-32)46(29-51(65-53)49-10-7-8-23-61-49)57(72)62-39-17-13-37(14-18-39)56(71)67-59-43-22-21-42(55(43)69-76-59)48-11-9-12-50(64-48)52-30-47(45-27-33(2)25-35(4)54(45)66-52)58(73)63-40-19-15-38(16-20-40)60(74)70(6)31-41-28-36(5)68-75-41/h7-20,23-30,42H,21-22,31H2,1-6H3,(H,62,72)(H,63,73)(H,67,71). The Kier molecular flexibility index (Phi) is 12.8. The molecule has 16 nitrogen and oxygen atoms in total. The molecular weight excluding hydrogens is 957 g/mol. The smallest absolute Gasteiger partial charge is 0.258 e. The fraction of sp³-hybridized carbons (Fsp3) is 0.167. The van der Waals surface area contributed by atoms with Gasteiger partial charge in [0.25, 0.3) is 23.6 Å². The number of pyridine rings is 4. The van der Waals surface area contributed by atoms with Crippen molar-refractivity contribution in [2.45, 2.75) is 59.9 Å². The number of hydrogen-bond donors (Lipinski definition) is 3. The first-order chi connectivity index (χ1) is 36.7. The van der Waals surface area contributed by atoms with Crippen molar-refractivity contribution < 1.29 is 28.2 Å². The first kappa shape index (κ1) is 48.6. The van der Waals surface area contributed by atoms with E-state index in [4.69, 9.17) is 24.0 Å². The Balaban J connectivity index is 0.784. The number of nitrogens with one attached hydrogen (secondary N) is 3. The molecule has 3 N–H and O–H groups in total.